The van der Waals surface area contributed by atoms with Crippen molar-refractivity contribution in [1.29, 1.82) is 0 Å². The summed E-state index contributed by atoms with van der Waals surface area (Å²) in [5.74, 6) is -0.172. The maximum absolute atomic E-state index is 13.2. The molecule has 0 radical (unpaired) electrons. The van der Waals surface area contributed by atoms with Gasteiger partial charge in [0, 0.05) is 12.4 Å². The molecule has 1 amide bonds. The molecule has 0 aliphatic rings. The highest BCUT2D eigenvalue weighted by Crippen LogP contribution is 2.20. The van der Waals surface area contributed by atoms with E-state index < -0.39 is 5.82 Å². The number of aromatic amines is 1. The van der Waals surface area contributed by atoms with E-state index in [2.05, 4.69) is 31.2 Å². The summed E-state index contributed by atoms with van der Waals surface area (Å²) in [5, 5.41) is 2.64. The Hall–Kier alpha value is -1.69. The fourth-order valence-electron chi connectivity index (χ4n) is 1.33. The van der Waals surface area contributed by atoms with Crippen LogP contribution in [-0.4, -0.2) is 15.9 Å². The number of aromatic nitrogens is 2. The third-order valence-corrected chi connectivity index (χ3v) is 2.97. The Bertz CT molecular complexity index is 528. The van der Waals surface area contributed by atoms with Gasteiger partial charge in [-0.3, -0.25) is 4.79 Å². The van der Waals surface area contributed by atoms with Gasteiger partial charge >= 0.3 is 0 Å². The molecule has 0 unspecified atom stereocenters. The predicted octanol–water partition coefficient (Wildman–Crippen LogP) is 2.24. The zero-order chi connectivity index (χ0) is 12.3. The Labute approximate surface area is 105 Å². The molecule has 2 rings (SSSR count). The van der Waals surface area contributed by atoms with Crippen LogP contribution in [-0.2, 0) is 6.54 Å². The van der Waals surface area contributed by atoms with Gasteiger partial charge in [-0.25, -0.2) is 9.37 Å². The molecule has 0 bridgehead atoms. The highest BCUT2D eigenvalue weighted by atomic mass is 79.9. The lowest BCUT2D eigenvalue weighted by Gasteiger charge is -2.05. The first kappa shape index (κ1) is 11.8. The highest BCUT2D eigenvalue weighted by Gasteiger charge is 2.12. The molecule has 1 aromatic carbocycles. The van der Waals surface area contributed by atoms with Crippen molar-refractivity contribution in [1.82, 2.24) is 15.3 Å². The number of H-pyrrole nitrogens is 1. The summed E-state index contributed by atoms with van der Waals surface area (Å²) < 4.78 is 13.4. The maximum atomic E-state index is 13.2. The predicted molar refractivity (Wildman–Crippen MR) is 63.9 cm³/mol. The number of carbonyl (C=O) groups excluding carboxylic acids is 1. The van der Waals surface area contributed by atoms with Crippen LogP contribution in [0.3, 0.4) is 0 Å². The van der Waals surface area contributed by atoms with Crippen molar-refractivity contribution >= 4 is 21.8 Å². The van der Waals surface area contributed by atoms with Crippen LogP contribution in [0.5, 0.6) is 0 Å². The van der Waals surface area contributed by atoms with Gasteiger partial charge in [0.15, 0.2) is 0 Å². The molecular weight excluding hydrogens is 289 g/mol. The molecule has 88 valence electrons. The fraction of sp³-hybridized carbons (Fsp3) is 0.0909. The van der Waals surface area contributed by atoms with Crippen LogP contribution in [0.2, 0.25) is 0 Å². The Balaban J connectivity index is 2.07. The number of halogens is 2. The molecule has 0 aliphatic heterocycles. The zero-order valence-corrected chi connectivity index (χ0v) is 10.3. The van der Waals surface area contributed by atoms with Gasteiger partial charge in [-0.2, -0.15) is 0 Å². The van der Waals surface area contributed by atoms with Gasteiger partial charge in [0.05, 0.1) is 16.6 Å². The van der Waals surface area contributed by atoms with E-state index in [1.807, 2.05) is 0 Å². The van der Waals surface area contributed by atoms with Crippen molar-refractivity contribution in [2.24, 2.45) is 0 Å². The molecule has 0 saturated heterocycles. The third kappa shape index (κ3) is 2.71. The topological polar surface area (TPSA) is 57.8 Å². The van der Waals surface area contributed by atoms with Gasteiger partial charge in [-0.1, -0.05) is 6.07 Å². The first-order valence-corrected chi connectivity index (χ1v) is 5.68. The van der Waals surface area contributed by atoms with Crippen LogP contribution in [0.15, 0.2) is 35.1 Å². The lowest BCUT2D eigenvalue weighted by atomic mass is 10.2. The molecule has 6 heteroatoms. The van der Waals surface area contributed by atoms with Crippen LogP contribution >= 0.6 is 15.9 Å². The van der Waals surface area contributed by atoms with Gasteiger partial charge in [-0.05, 0) is 28.1 Å². The van der Waals surface area contributed by atoms with Gasteiger partial charge in [0.25, 0.3) is 5.91 Å². The van der Waals surface area contributed by atoms with E-state index in [1.54, 1.807) is 18.5 Å². The van der Waals surface area contributed by atoms with Crippen molar-refractivity contribution < 1.29 is 9.18 Å². The second-order valence-corrected chi connectivity index (χ2v) is 4.11. The smallest absolute Gasteiger partial charge is 0.252 e. The number of nitrogens with one attached hydrogen (secondary N) is 2. The van der Waals surface area contributed by atoms with Crippen molar-refractivity contribution in [2.45, 2.75) is 6.54 Å². The molecule has 4 nitrogen and oxygen atoms in total. The summed E-state index contributed by atoms with van der Waals surface area (Å²) in [7, 11) is 0. The molecule has 1 aromatic heterocycles. The van der Waals surface area contributed by atoms with Gasteiger partial charge in [0.2, 0.25) is 0 Å². The van der Waals surface area contributed by atoms with E-state index in [-0.39, 0.29) is 22.5 Å². The lowest BCUT2D eigenvalue weighted by Crippen LogP contribution is -2.24. The molecule has 17 heavy (non-hydrogen) atoms. The van der Waals surface area contributed by atoms with Crippen LogP contribution in [0, 0.1) is 5.82 Å². The summed E-state index contributed by atoms with van der Waals surface area (Å²) in [6, 6.07) is 4.32. The minimum atomic E-state index is -0.462. The van der Waals surface area contributed by atoms with E-state index in [0.29, 0.717) is 5.82 Å². The molecule has 0 spiro atoms. The van der Waals surface area contributed by atoms with Crippen LogP contribution in [0.25, 0.3) is 0 Å². The molecular formula is C11H9BrFN3O. The fourth-order valence-corrected chi connectivity index (χ4v) is 1.78. The number of amides is 1. The van der Waals surface area contributed by atoms with Crippen LogP contribution in [0.1, 0.15) is 16.2 Å². The Kier molecular flexibility index (Phi) is 3.53. The Morgan fingerprint density at radius 1 is 1.53 bits per heavy atom. The normalized spacial score (nSPS) is 10.2. The quantitative estimate of drug-likeness (QED) is 0.913. The Morgan fingerprint density at radius 2 is 2.35 bits per heavy atom. The van der Waals surface area contributed by atoms with Gasteiger partial charge in [0.1, 0.15) is 11.6 Å². The van der Waals surface area contributed by atoms with E-state index >= 15 is 0 Å². The summed E-state index contributed by atoms with van der Waals surface area (Å²) in [4.78, 5) is 18.6. The largest absolute Gasteiger partial charge is 0.347 e. The molecule has 1 heterocycles. The number of hydrogen-bond donors (Lipinski definition) is 2. The summed E-state index contributed by atoms with van der Waals surface area (Å²) in [5.41, 5.74) is 0.261. The Morgan fingerprint density at radius 3 is 3.06 bits per heavy atom. The van der Waals surface area contributed by atoms with E-state index in [0.717, 1.165) is 0 Å². The summed E-state index contributed by atoms with van der Waals surface area (Å²) >= 11 is 3.04. The lowest BCUT2D eigenvalue weighted by molar-refractivity contribution is 0.0948. The summed E-state index contributed by atoms with van der Waals surface area (Å²) in [6.45, 7) is 0.273. The number of benzene rings is 1. The molecule has 2 N–H and O–H groups in total. The molecule has 2 aromatic rings. The van der Waals surface area contributed by atoms with Gasteiger partial charge < -0.3 is 10.3 Å². The molecule has 0 fully saturated rings. The number of nitrogens with zero attached hydrogens (tertiary/aromatic N) is 1. The SMILES string of the molecule is O=C(NCc1ncc[nH]1)c1cccc(F)c1Br. The average molecular weight is 298 g/mol. The maximum Gasteiger partial charge on any atom is 0.252 e. The highest BCUT2D eigenvalue weighted by molar-refractivity contribution is 9.10. The van der Waals surface area contributed by atoms with Crippen molar-refractivity contribution in [3.05, 3.63) is 52.3 Å². The number of imidazole rings is 1. The second-order valence-electron chi connectivity index (χ2n) is 3.32. The summed E-state index contributed by atoms with van der Waals surface area (Å²) in [6.07, 6.45) is 3.26. The van der Waals surface area contributed by atoms with Crippen LogP contribution < -0.4 is 5.32 Å². The third-order valence-electron chi connectivity index (χ3n) is 2.17. The minimum Gasteiger partial charge on any atom is -0.347 e. The van der Waals surface area contributed by atoms with E-state index in [4.69, 9.17) is 0 Å². The molecule has 0 atom stereocenters. The monoisotopic (exact) mass is 297 g/mol. The number of hydrogen-bond acceptors (Lipinski definition) is 2. The minimum absolute atomic E-state index is 0.164. The standard InChI is InChI=1S/C11H9BrFN3O/c12-10-7(2-1-3-8(10)13)11(17)16-6-9-14-4-5-15-9/h1-5H,6H2,(H,14,15)(H,16,17). The van der Waals surface area contributed by atoms with Crippen molar-refractivity contribution in [3.8, 4) is 0 Å². The number of rotatable bonds is 3. The molecule has 0 aliphatic carbocycles. The average Bonchev–Trinajstić information content (AvgIpc) is 2.82. The van der Waals surface area contributed by atoms with E-state index in [9.17, 15) is 9.18 Å². The molecule has 0 saturated carbocycles. The van der Waals surface area contributed by atoms with Crippen molar-refractivity contribution in [3.63, 3.8) is 0 Å². The van der Waals surface area contributed by atoms with Gasteiger partial charge in [-0.15, -0.1) is 0 Å². The zero-order valence-electron chi connectivity index (χ0n) is 8.71. The van der Waals surface area contributed by atoms with Crippen molar-refractivity contribution in [2.75, 3.05) is 0 Å². The first-order valence-electron chi connectivity index (χ1n) is 4.89. The first-order chi connectivity index (χ1) is 8.18. The number of carbonyl (C=O) groups is 1. The van der Waals surface area contributed by atoms with E-state index in [1.165, 1.54) is 12.1 Å². The second kappa shape index (κ2) is 5.09. The van der Waals surface area contributed by atoms with Crippen LogP contribution in [0.4, 0.5) is 4.39 Å².